The first-order chi connectivity index (χ1) is 8.00. The first-order valence-electron chi connectivity index (χ1n) is 5.86. The third kappa shape index (κ3) is 2.25. The Kier molecular flexibility index (Phi) is 3.29. The van der Waals surface area contributed by atoms with Gasteiger partial charge in [0.25, 0.3) is 0 Å². The maximum absolute atomic E-state index is 11.6. The van der Waals surface area contributed by atoms with E-state index in [1.807, 2.05) is 19.1 Å². The average molecular weight is 253 g/mol. The molecule has 2 rings (SSSR count). The van der Waals surface area contributed by atoms with Gasteiger partial charge in [0, 0.05) is 24.0 Å². The highest BCUT2D eigenvalue weighted by atomic mass is 35.5. The minimum Gasteiger partial charge on any atom is -0.367 e. The van der Waals surface area contributed by atoms with Gasteiger partial charge in [0.2, 0.25) is 5.91 Å². The third-order valence-corrected chi connectivity index (χ3v) is 3.54. The summed E-state index contributed by atoms with van der Waals surface area (Å²) in [6.07, 6.45) is 0.518. The molecule has 1 aliphatic rings. The van der Waals surface area contributed by atoms with Crippen molar-refractivity contribution in [1.82, 2.24) is 0 Å². The Balaban J connectivity index is 2.58. The van der Waals surface area contributed by atoms with Gasteiger partial charge in [-0.25, -0.2) is 0 Å². The molecular weight excluding hydrogens is 236 g/mol. The molecule has 1 amide bonds. The molecule has 0 atom stereocenters. The fourth-order valence-corrected chi connectivity index (χ4v) is 2.36. The molecule has 0 spiro atoms. The zero-order chi connectivity index (χ0) is 12.6. The molecule has 0 fully saturated rings. The second kappa shape index (κ2) is 4.57. The Labute approximate surface area is 107 Å². The second-order valence-corrected chi connectivity index (χ2v) is 5.06. The van der Waals surface area contributed by atoms with Crippen LogP contribution in [-0.4, -0.2) is 18.5 Å². The van der Waals surface area contributed by atoms with Gasteiger partial charge in [-0.1, -0.05) is 11.6 Å². The van der Waals surface area contributed by atoms with Crippen molar-refractivity contribution >= 4 is 28.9 Å². The molecule has 0 bridgehead atoms. The van der Waals surface area contributed by atoms with Crippen molar-refractivity contribution in [3.05, 3.63) is 22.7 Å². The molecule has 1 aliphatic heterocycles. The lowest BCUT2D eigenvalue weighted by molar-refractivity contribution is -0.115. The molecule has 0 radical (unpaired) electrons. The van der Waals surface area contributed by atoms with Gasteiger partial charge >= 0.3 is 0 Å². The summed E-state index contributed by atoms with van der Waals surface area (Å²) < 4.78 is 0. The molecule has 1 aromatic carbocycles. The first kappa shape index (κ1) is 12.2. The Morgan fingerprint density at radius 2 is 2.12 bits per heavy atom. The van der Waals surface area contributed by atoms with Crippen molar-refractivity contribution in [2.45, 2.75) is 33.2 Å². The van der Waals surface area contributed by atoms with Crippen LogP contribution in [0.15, 0.2) is 12.1 Å². The number of halogens is 1. The lowest BCUT2D eigenvalue weighted by Crippen LogP contribution is -2.32. The number of carbonyl (C=O) groups excluding carboxylic acids is 1. The molecule has 1 aromatic rings. The summed E-state index contributed by atoms with van der Waals surface area (Å²) in [6, 6.07) is 4.06. The summed E-state index contributed by atoms with van der Waals surface area (Å²) in [6.45, 7) is 6.98. The monoisotopic (exact) mass is 252 g/mol. The number of hydrogen-bond donors (Lipinski definition) is 1. The fourth-order valence-electron chi connectivity index (χ4n) is 2.21. The van der Waals surface area contributed by atoms with E-state index in [2.05, 4.69) is 24.1 Å². The molecule has 17 heavy (non-hydrogen) atoms. The smallest absolute Gasteiger partial charge is 0.226 e. The fraction of sp³-hybridized carbons (Fsp3) is 0.462. The summed E-state index contributed by atoms with van der Waals surface area (Å²) in [5.74, 6) is 0.0659. The van der Waals surface area contributed by atoms with Crippen molar-refractivity contribution in [1.29, 1.82) is 0 Å². The van der Waals surface area contributed by atoms with Crippen LogP contribution in [0.1, 0.15) is 25.8 Å². The Hall–Kier alpha value is -1.22. The van der Waals surface area contributed by atoms with Crippen LogP contribution in [0.25, 0.3) is 0 Å². The van der Waals surface area contributed by atoms with E-state index in [0.29, 0.717) is 12.5 Å². The van der Waals surface area contributed by atoms with Crippen molar-refractivity contribution in [2.24, 2.45) is 0 Å². The molecule has 4 heteroatoms. The topological polar surface area (TPSA) is 32.3 Å². The lowest BCUT2D eigenvalue weighted by atomic mass is 10.1. The van der Waals surface area contributed by atoms with Crippen LogP contribution in [0.5, 0.6) is 0 Å². The van der Waals surface area contributed by atoms with Gasteiger partial charge in [0.1, 0.15) is 0 Å². The van der Waals surface area contributed by atoms with Gasteiger partial charge in [-0.05, 0) is 38.5 Å². The van der Waals surface area contributed by atoms with Crippen molar-refractivity contribution in [3.63, 3.8) is 0 Å². The second-order valence-electron chi connectivity index (χ2n) is 4.65. The minimum absolute atomic E-state index is 0.0659. The van der Waals surface area contributed by atoms with Gasteiger partial charge in [0.05, 0.1) is 11.4 Å². The number of hydrogen-bond acceptors (Lipinski definition) is 2. The molecule has 0 aromatic heterocycles. The molecular formula is C13H17ClN2O. The molecule has 92 valence electrons. The number of amides is 1. The van der Waals surface area contributed by atoms with Crippen molar-refractivity contribution in [3.8, 4) is 0 Å². The first-order valence-corrected chi connectivity index (χ1v) is 6.24. The van der Waals surface area contributed by atoms with Crippen LogP contribution in [0.2, 0.25) is 5.02 Å². The van der Waals surface area contributed by atoms with E-state index in [0.717, 1.165) is 28.5 Å². The Bertz CT molecular complexity index is 457. The normalized spacial score (nSPS) is 15.6. The summed E-state index contributed by atoms with van der Waals surface area (Å²) in [4.78, 5) is 13.9. The van der Waals surface area contributed by atoms with E-state index < -0.39 is 0 Å². The molecule has 0 unspecified atom stereocenters. The largest absolute Gasteiger partial charge is 0.367 e. The predicted octanol–water partition coefficient (Wildman–Crippen LogP) is 3.21. The molecule has 1 heterocycles. The zero-order valence-electron chi connectivity index (χ0n) is 10.4. The summed E-state index contributed by atoms with van der Waals surface area (Å²) in [7, 11) is 0. The van der Waals surface area contributed by atoms with E-state index in [9.17, 15) is 4.79 Å². The van der Waals surface area contributed by atoms with E-state index in [1.54, 1.807) is 0 Å². The average Bonchev–Trinajstić information content (AvgIpc) is 2.43. The number of benzene rings is 1. The van der Waals surface area contributed by atoms with Gasteiger partial charge in [-0.3, -0.25) is 4.79 Å². The van der Waals surface area contributed by atoms with Crippen molar-refractivity contribution < 1.29 is 4.79 Å². The SMILES string of the molecule is Cc1c(Cl)ccc2c1N(C(C)C)CCC(=O)N2. The van der Waals surface area contributed by atoms with Gasteiger partial charge in [-0.2, -0.15) is 0 Å². The highest BCUT2D eigenvalue weighted by Crippen LogP contribution is 2.37. The van der Waals surface area contributed by atoms with E-state index >= 15 is 0 Å². The van der Waals surface area contributed by atoms with E-state index in [1.165, 1.54) is 0 Å². The summed E-state index contributed by atoms with van der Waals surface area (Å²) >= 11 is 6.17. The summed E-state index contributed by atoms with van der Waals surface area (Å²) in [5.41, 5.74) is 2.95. The van der Waals surface area contributed by atoms with Crippen LogP contribution < -0.4 is 10.2 Å². The zero-order valence-corrected chi connectivity index (χ0v) is 11.1. The van der Waals surface area contributed by atoms with E-state index in [-0.39, 0.29) is 5.91 Å². The molecule has 0 saturated heterocycles. The highest BCUT2D eigenvalue weighted by Gasteiger charge is 2.23. The van der Waals surface area contributed by atoms with Gasteiger partial charge < -0.3 is 10.2 Å². The van der Waals surface area contributed by atoms with Crippen molar-refractivity contribution in [2.75, 3.05) is 16.8 Å². The van der Waals surface area contributed by atoms with Crippen LogP contribution >= 0.6 is 11.6 Å². The maximum Gasteiger partial charge on any atom is 0.226 e. The number of rotatable bonds is 1. The highest BCUT2D eigenvalue weighted by molar-refractivity contribution is 6.32. The standard InChI is InChI=1S/C13H17ClN2O/c1-8(2)16-7-6-12(17)15-11-5-4-10(14)9(3)13(11)16/h4-5,8H,6-7H2,1-3H3,(H,15,17). The van der Waals surface area contributed by atoms with Gasteiger partial charge in [-0.15, -0.1) is 0 Å². The van der Waals surface area contributed by atoms with Gasteiger partial charge in [0.15, 0.2) is 0 Å². The Morgan fingerprint density at radius 1 is 1.41 bits per heavy atom. The number of anilines is 2. The molecule has 1 N–H and O–H groups in total. The number of carbonyl (C=O) groups is 1. The third-order valence-electron chi connectivity index (χ3n) is 3.13. The quantitative estimate of drug-likeness (QED) is 0.833. The predicted molar refractivity (Wildman–Crippen MR) is 71.9 cm³/mol. The Morgan fingerprint density at radius 3 is 2.76 bits per heavy atom. The molecule has 0 aliphatic carbocycles. The minimum atomic E-state index is 0.0659. The van der Waals surface area contributed by atoms with Crippen LogP contribution in [0.3, 0.4) is 0 Å². The molecule has 3 nitrogen and oxygen atoms in total. The lowest BCUT2D eigenvalue weighted by Gasteiger charge is -2.30. The number of nitrogens with one attached hydrogen (secondary N) is 1. The summed E-state index contributed by atoms with van der Waals surface area (Å²) in [5, 5.41) is 3.68. The maximum atomic E-state index is 11.6. The number of nitrogens with zero attached hydrogens (tertiary/aromatic N) is 1. The van der Waals surface area contributed by atoms with E-state index in [4.69, 9.17) is 11.6 Å². The molecule has 0 saturated carbocycles. The van der Waals surface area contributed by atoms with Crippen LogP contribution in [0.4, 0.5) is 11.4 Å². The van der Waals surface area contributed by atoms with Crippen LogP contribution in [-0.2, 0) is 4.79 Å². The number of fused-ring (bicyclic) bond motifs is 1. The van der Waals surface area contributed by atoms with Crippen LogP contribution in [0, 0.1) is 6.92 Å².